The fourth-order valence-corrected chi connectivity index (χ4v) is 1.03. The van der Waals surface area contributed by atoms with E-state index in [-0.39, 0.29) is 0 Å². The second-order valence-electron chi connectivity index (χ2n) is 2.65. The molecule has 4 nitrogen and oxygen atoms in total. The van der Waals surface area contributed by atoms with Gasteiger partial charge in [0.25, 0.3) is 0 Å². The standard InChI is InChI=1S/C6H10N4/c7-5-6(8)10(3-9-5)4-1-2-4/h3-4H,1-2,7-8H2. The van der Waals surface area contributed by atoms with Crippen LogP contribution < -0.4 is 11.5 Å². The molecule has 4 N–H and O–H groups in total. The van der Waals surface area contributed by atoms with Crippen molar-refractivity contribution >= 4 is 11.6 Å². The van der Waals surface area contributed by atoms with Crippen molar-refractivity contribution in [1.82, 2.24) is 9.55 Å². The summed E-state index contributed by atoms with van der Waals surface area (Å²) in [5, 5.41) is 0. The van der Waals surface area contributed by atoms with Gasteiger partial charge in [0.15, 0.2) is 5.82 Å². The fourth-order valence-electron chi connectivity index (χ4n) is 1.03. The van der Waals surface area contributed by atoms with Gasteiger partial charge in [0.2, 0.25) is 0 Å². The number of hydrogen-bond acceptors (Lipinski definition) is 3. The van der Waals surface area contributed by atoms with Gasteiger partial charge in [0.1, 0.15) is 5.82 Å². The predicted molar refractivity (Wildman–Crippen MR) is 39.3 cm³/mol. The maximum absolute atomic E-state index is 5.62. The van der Waals surface area contributed by atoms with E-state index in [1.807, 2.05) is 4.57 Å². The molecule has 0 saturated heterocycles. The van der Waals surface area contributed by atoms with Crippen LogP contribution in [-0.2, 0) is 0 Å². The molecule has 0 amide bonds. The number of nitrogens with two attached hydrogens (primary N) is 2. The number of imidazole rings is 1. The molecule has 4 heteroatoms. The van der Waals surface area contributed by atoms with Crippen LogP contribution in [0.3, 0.4) is 0 Å². The van der Waals surface area contributed by atoms with Gasteiger partial charge in [-0.25, -0.2) is 4.98 Å². The molecule has 0 spiro atoms. The van der Waals surface area contributed by atoms with Crippen LogP contribution in [-0.4, -0.2) is 9.55 Å². The molecule has 1 saturated carbocycles. The minimum atomic E-state index is 0.451. The first kappa shape index (κ1) is 5.58. The topological polar surface area (TPSA) is 69.9 Å². The Hall–Kier alpha value is -1.19. The molecular weight excluding hydrogens is 128 g/mol. The third-order valence-electron chi connectivity index (χ3n) is 1.80. The first-order valence-corrected chi connectivity index (χ1v) is 3.37. The summed E-state index contributed by atoms with van der Waals surface area (Å²) in [5.74, 6) is 1.06. The van der Waals surface area contributed by atoms with Crippen LogP contribution in [0, 0.1) is 0 Å². The highest BCUT2D eigenvalue weighted by Crippen LogP contribution is 2.37. The summed E-state index contributed by atoms with van der Waals surface area (Å²) in [7, 11) is 0. The van der Waals surface area contributed by atoms with Crippen molar-refractivity contribution in [3.63, 3.8) is 0 Å². The molecule has 0 aromatic carbocycles. The first-order chi connectivity index (χ1) is 4.79. The van der Waals surface area contributed by atoms with Crippen LogP contribution in [0.15, 0.2) is 6.33 Å². The Morgan fingerprint density at radius 2 is 2.20 bits per heavy atom. The van der Waals surface area contributed by atoms with Gasteiger partial charge >= 0.3 is 0 Å². The van der Waals surface area contributed by atoms with Gasteiger partial charge < -0.3 is 16.0 Å². The lowest BCUT2D eigenvalue weighted by Crippen LogP contribution is -2.00. The zero-order chi connectivity index (χ0) is 7.14. The van der Waals surface area contributed by atoms with E-state index >= 15 is 0 Å². The molecule has 1 fully saturated rings. The molecule has 0 bridgehead atoms. The van der Waals surface area contributed by atoms with Crippen molar-refractivity contribution in [2.24, 2.45) is 0 Å². The van der Waals surface area contributed by atoms with E-state index < -0.39 is 0 Å². The summed E-state index contributed by atoms with van der Waals surface area (Å²) in [5.41, 5.74) is 11.1. The second kappa shape index (κ2) is 1.65. The van der Waals surface area contributed by atoms with Gasteiger partial charge in [-0.2, -0.15) is 0 Å². The Morgan fingerprint density at radius 1 is 1.50 bits per heavy atom. The summed E-state index contributed by atoms with van der Waals surface area (Å²) >= 11 is 0. The predicted octanol–water partition coefficient (Wildman–Crippen LogP) is 0.382. The maximum Gasteiger partial charge on any atom is 0.166 e. The maximum atomic E-state index is 5.62. The van der Waals surface area contributed by atoms with Gasteiger partial charge in [0, 0.05) is 6.04 Å². The van der Waals surface area contributed by atoms with Crippen LogP contribution in [0.25, 0.3) is 0 Å². The summed E-state index contributed by atoms with van der Waals surface area (Å²) in [6, 6.07) is 0.574. The number of hydrogen-bond donors (Lipinski definition) is 2. The smallest absolute Gasteiger partial charge is 0.166 e. The molecule has 2 rings (SSSR count). The van der Waals surface area contributed by atoms with Gasteiger partial charge in [-0.15, -0.1) is 0 Å². The molecule has 0 aliphatic heterocycles. The lowest BCUT2D eigenvalue weighted by Gasteiger charge is -1.99. The van der Waals surface area contributed by atoms with Crippen LogP contribution in [0.2, 0.25) is 0 Å². The Bertz CT molecular complexity index is 248. The quantitative estimate of drug-likeness (QED) is 0.589. The summed E-state index contributed by atoms with van der Waals surface area (Å²) in [4.78, 5) is 3.89. The third kappa shape index (κ3) is 0.650. The van der Waals surface area contributed by atoms with Crippen molar-refractivity contribution in [1.29, 1.82) is 0 Å². The van der Waals surface area contributed by atoms with E-state index in [0.717, 1.165) is 0 Å². The zero-order valence-corrected chi connectivity index (χ0v) is 5.62. The average Bonchev–Trinajstić information content (AvgIpc) is 2.67. The highest BCUT2D eigenvalue weighted by Gasteiger charge is 2.25. The van der Waals surface area contributed by atoms with Gasteiger partial charge in [-0.05, 0) is 12.8 Å². The lowest BCUT2D eigenvalue weighted by atomic mass is 10.6. The van der Waals surface area contributed by atoms with Crippen molar-refractivity contribution in [2.75, 3.05) is 11.5 Å². The Morgan fingerprint density at radius 3 is 2.60 bits per heavy atom. The first-order valence-electron chi connectivity index (χ1n) is 3.37. The average molecular weight is 138 g/mol. The molecule has 1 aliphatic carbocycles. The molecule has 10 heavy (non-hydrogen) atoms. The van der Waals surface area contributed by atoms with Crippen molar-refractivity contribution in [3.05, 3.63) is 6.33 Å². The molecule has 1 aromatic heterocycles. The summed E-state index contributed by atoms with van der Waals surface area (Å²) < 4.78 is 1.94. The number of nitrogen functional groups attached to an aromatic ring is 2. The second-order valence-corrected chi connectivity index (χ2v) is 2.65. The van der Waals surface area contributed by atoms with Gasteiger partial charge in [-0.3, -0.25) is 0 Å². The van der Waals surface area contributed by atoms with Gasteiger partial charge in [0.05, 0.1) is 6.33 Å². The molecule has 0 radical (unpaired) electrons. The third-order valence-corrected chi connectivity index (χ3v) is 1.80. The zero-order valence-electron chi connectivity index (χ0n) is 5.62. The van der Waals surface area contributed by atoms with Crippen LogP contribution in [0.5, 0.6) is 0 Å². The largest absolute Gasteiger partial charge is 0.382 e. The summed E-state index contributed by atoms with van der Waals surface area (Å²) in [6.07, 6.45) is 4.13. The highest BCUT2D eigenvalue weighted by molar-refractivity contribution is 5.53. The molecule has 0 atom stereocenters. The molecular formula is C6H10N4. The van der Waals surface area contributed by atoms with Crippen LogP contribution >= 0.6 is 0 Å². The molecule has 1 heterocycles. The number of nitrogens with zero attached hydrogens (tertiary/aromatic N) is 2. The van der Waals surface area contributed by atoms with Crippen LogP contribution in [0.1, 0.15) is 18.9 Å². The van der Waals surface area contributed by atoms with E-state index in [1.54, 1.807) is 6.33 Å². The Balaban J connectivity index is 2.40. The highest BCUT2D eigenvalue weighted by atomic mass is 15.2. The monoisotopic (exact) mass is 138 g/mol. The SMILES string of the molecule is Nc1ncn(C2CC2)c1N. The molecule has 1 aromatic rings. The fraction of sp³-hybridized carbons (Fsp3) is 0.500. The van der Waals surface area contributed by atoms with E-state index in [0.29, 0.717) is 17.7 Å². The molecule has 0 unspecified atom stereocenters. The Kier molecular flexibility index (Phi) is 0.922. The minimum absolute atomic E-state index is 0.451. The number of rotatable bonds is 1. The molecule has 54 valence electrons. The summed E-state index contributed by atoms with van der Waals surface area (Å²) in [6.45, 7) is 0. The number of aromatic nitrogens is 2. The normalized spacial score (nSPS) is 17.6. The van der Waals surface area contributed by atoms with Crippen LogP contribution in [0.4, 0.5) is 11.6 Å². The van der Waals surface area contributed by atoms with Crippen molar-refractivity contribution in [2.45, 2.75) is 18.9 Å². The molecule has 1 aliphatic rings. The lowest BCUT2D eigenvalue weighted by molar-refractivity contribution is 0.751. The van der Waals surface area contributed by atoms with E-state index in [2.05, 4.69) is 4.98 Å². The minimum Gasteiger partial charge on any atom is -0.382 e. The van der Waals surface area contributed by atoms with Crippen molar-refractivity contribution in [3.8, 4) is 0 Å². The Labute approximate surface area is 58.8 Å². The van der Waals surface area contributed by atoms with Crippen molar-refractivity contribution < 1.29 is 0 Å². The number of anilines is 2. The van der Waals surface area contributed by atoms with E-state index in [9.17, 15) is 0 Å². The van der Waals surface area contributed by atoms with E-state index in [1.165, 1.54) is 12.8 Å². The van der Waals surface area contributed by atoms with E-state index in [4.69, 9.17) is 11.5 Å². The van der Waals surface area contributed by atoms with Gasteiger partial charge in [-0.1, -0.05) is 0 Å².